The standard InChI is InChI=1S/C23H23F4N5O3S/c1-31-19-17(21(34)32(2)22(31)35)20(30-18(29-19)12-7-9-13(24)10-8-12)36-11-16(33)28-15-6-4-3-5-14(15)23(25,26)27/h3-10,17-20,29-30H,11H2,1-2H3,(H,28,33). The third-order valence-electron chi connectivity index (χ3n) is 6.06. The Hall–Kier alpha value is -3.16. The lowest BCUT2D eigenvalue weighted by Crippen LogP contribution is -2.72. The van der Waals surface area contributed by atoms with Gasteiger partial charge in [-0.2, -0.15) is 13.2 Å². The van der Waals surface area contributed by atoms with Gasteiger partial charge in [-0.15, -0.1) is 11.8 Å². The van der Waals surface area contributed by atoms with E-state index in [4.69, 9.17) is 0 Å². The number of nitrogens with one attached hydrogen (secondary N) is 3. The summed E-state index contributed by atoms with van der Waals surface area (Å²) in [6.07, 6.45) is -5.96. The van der Waals surface area contributed by atoms with Crippen LogP contribution in [0.3, 0.4) is 0 Å². The molecule has 8 nitrogen and oxygen atoms in total. The number of thioether (sulfide) groups is 1. The fraction of sp³-hybridized carbons (Fsp3) is 0.348. The van der Waals surface area contributed by atoms with Crippen molar-refractivity contribution < 1.29 is 31.9 Å². The lowest BCUT2D eigenvalue weighted by molar-refractivity contribution is -0.140. The van der Waals surface area contributed by atoms with Crippen molar-refractivity contribution in [3.8, 4) is 0 Å². The molecule has 2 heterocycles. The number of anilines is 1. The number of fused-ring (bicyclic) bond motifs is 1. The summed E-state index contributed by atoms with van der Waals surface area (Å²) in [7, 11) is 2.89. The number of imide groups is 1. The van der Waals surface area contributed by atoms with Crippen molar-refractivity contribution in [3.05, 3.63) is 65.5 Å². The molecule has 4 unspecified atom stereocenters. The van der Waals surface area contributed by atoms with Gasteiger partial charge < -0.3 is 10.2 Å². The van der Waals surface area contributed by atoms with Gasteiger partial charge in [-0.1, -0.05) is 24.3 Å². The van der Waals surface area contributed by atoms with Gasteiger partial charge in [-0.3, -0.25) is 25.1 Å². The molecule has 3 N–H and O–H groups in total. The fourth-order valence-corrected chi connectivity index (χ4v) is 5.35. The van der Waals surface area contributed by atoms with Crippen molar-refractivity contribution in [1.29, 1.82) is 0 Å². The molecule has 2 aromatic rings. The summed E-state index contributed by atoms with van der Waals surface area (Å²) in [5.41, 5.74) is -0.699. The number of nitrogens with zero attached hydrogens (tertiary/aromatic N) is 2. The van der Waals surface area contributed by atoms with Crippen molar-refractivity contribution >= 4 is 35.3 Å². The van der Waals surface area contributed by atoms with E-state index in [0.717, 1.165) is 28.8 Å². The zero-order valence-corrected chi connectivity index (χ0v) is 20.0. The molecule has 0 saturated carbocycles. The first kappa shape index (κ1) is 25.9. The van der Waals surface area contributed by atoms with Crippen LogP contribution in [0.25, 0.3) is 0 Å². The van der Waals surface area contributed by atoms with Crippen LogP contribution in [0.4, 0.5) is 28.0 Å². The normalized spacial score (nSPS) is 24.5. The molecule has 2 aliphatic heterocycles. The first-order chi connectivity index (χ1) is 17.0. The maximum absolute atomic E-state index is 13.4. The van der Waals surface area contributed by atoms with Crippen LogP contribution in [0.2, 0.25) is 0 Å². The van der Waals surface area contributed by atoms with Crippen molar-refractivity contribution in [2.75, 3.05) is 25.2 Å². The Labute approximate surface area is 208 Å². The minimum Gasteiger partial charge on any atom is -0.325 e. The molecule has 4 rings (SSSR count). The van der Waals surface area contributed by atoms with Gasteiger partial charge in [-0.25, -0.2) is 9.18 Å². The van der Waals surface area contributed by atoms with Gasteiger partial charge in [0.05, 0.1) is 40.6 Å². The van der Waals surface area contributed by atoms with E-state index in [1.165, 1.54) is 43.3 Å². The Morgan fingerprint density at radius 1 is 1.06 bits per heavy atom. The average Bonchev–Trinajstić information content (AvgIpc) is 2.84. The molecule has 2 aliphatic rings. The summed E-state index contributed by atoms with van der Waals surface area (Å²) in [4.78, 5) is 40.5. The van der Waals surface area contributed by atoms with E-state index >= 15 is 0 Å². The number of hydrogen-bond donors (Lipinski definition) is 3. The highest BCUT2D eigenvalue weighted by Crippen LogP contribution is 2.36. The molecule has 4 amide bonds. The number of rotatable bonds is 5. The quantitative estimate of drug-likeness (QED) is 0.520. The predicted octanol–water partition coefficient (Wildman–Crippen LogP) is 3.20. The van der Waals surface area contributed by atoms with Crippen LogP contribution in [-0.2, 0) is 15.8 Å². The van der Waals surface area contributed by atoms with Crippen LogP contribution in [0.15, 0.2) is 48.5 Å². The summed E-state index contributed by atoms with van der Waals surface area (Å²) in [5.74, 6) is -2.66. The maximum Gasteiger partial charge on any atom is 0.418 e. The van der Waals surface area contributed by atoms with Crippen LogP contribution in [0.1, 0.15) is 17.3 Å². The Morgan fingerprint density at radius 2 is 1.72 bits per heavy atom. The SMILES string of the molecule is CN1C(=O)C2C(SCC(=O)Nc3ccccc3C(F)(F)F)NC(c3ccc(F)cc3)NC2N(C)C1=O. The fourth-order valence-electron chi connectivity index (χ4n) is 4.24. The summed E-state index contributed by atoms with van der Waals surface area (Å²) in [6.45, 7) is 0. The summed E-state index contributed by atoms with van der Waals surface area (Å²) in [5, 5.41) is 8.00. The molecule has 4 atom stereocenters. The minimum atomic E-state index is -4.64. The van der Waals surface area contributed by atoms with E-state index in [1.807, 2.05) is 0 Å². The van der Waals surface area contributed by atoms with Crippen molar-refractivity contribution in [1.82, 2.24) is 20.4 Å². The number of carbonyl (C=O) groups is 3. The van der Waals surface area contributed by atoms with Gasteiger partial charge in [0.15, 0.2) is 0 Å². The second-order valence-electron chi connectivity index (χ2n) is 8.40. The molecule has 36 heavy (non-hydrogen) atoms. The molecule has 2 saturated heterocycles. The van der Waals surface area contributed by atoms with E-state index in [9.17, 15) is 31.9 Å². The zero-order valence-electron chi connectivity index (χ0n) is 19.2. The van der Waals surface area contributed by atoms with Gasteiger partial charge in [-0.05, 0) is 29.8 Å². The highest BCUT2D eigenvalue weighted by Gasteiger charge is 2.51. The molecule has 0 radical (unpaired) electrons. The monoisotopic (exact) mass is 525 g/mol. The second-order valence-corrected chi connectivity index (χ2v) is 9.53. The molecule has 0 spiro atoms. The van der Waals surface area contributed by atoms with E-state index < -0.39 is 59.0 Å². The Balaban J connectivity index is 1.54. The summed E-state index contributed by atoms with van der Waals surface area (Å²) >= 11 is 1.03. The summed E-state index contributed by atoms with van der Waals surface area (Å²) in [6, 6.07) is 9.76. The Kier molecular flexibility index (Phi) is 7.25. The predicted molar refractivity (Wildman–Crippen MR) is 125 cm³/mol. The van der Waals surface area contributed by atoms with Crippen LogP contribution < -0.4 is 16.0 Å². The molecular formula is C23H23F4N5O3S. The lowest BCUT2D eigenvalue weighted by atomic mass is 9.96. The minimum absolute atomic E-state index is 0.266. The molecule has 0 bridgehead atoms. The molecule has 0 aliphatic carbocycles. The van der Waals surface area contributed by atoms with Gasteiger partial charge in [0.2, 0.25) is 11.8 Å². The number of benzene rings is 2. The highest BCUT2D eigenvalue weighted by molar-refractivity contribution is 8.00. The molecule has 2 fully saturated rings. The number of carbonyl (C=O) groups excluding carboxylic acids is 3. The van der Waals surface area contributed by atoms with E-state index in [2.05, 4.69) is 16.0 Å². The number of amides is 4. The number of halogens is 4. The molecule has 0 aromatic heterocycles. The van der Waals surface area contributed by atoms with Crippen molar-refractivity contribution in [3.63, 3.8) is 0 Å². The van der Waals surface area contributed by atoms with Gasteiger partial charge in [0.25, 0.3) is 0 Å². The van der Waals surface area contributed by atoms with Gasteiger partial charge in [0, 0.05) is 14.1 Å². The van der Waals surface area contributed by atoms with Crippen LogP contribution >= 0.6 is 11.8 Å². The van der Waals surface area contributed by atoms with Crippen LogP contribution in [0.5, 0.6) is 0 Å². The highest BCUT2D eigenvalue weighted by atomic mass is 32.2. The van der Waals surface area contributed by atoms with Gasteiger partial charge in [0.1, 0.15) is 5.82 Å². The number of urea groups is 1. The third kappa shape index (κ3) is 5.18. The zero-order chi connectivity index (χ0) is 26.2. The van der Waals surface area contributed by atoms with E-state index in [0.29, 0.717) is 5.56 Å². The lowest BCUT2D eigenvalue weighted by Gasteiger charge is -2.50. The number of hydrogen-bond acceptors (Lipinski definition) is 6. The largest absolute Gasteiger partial charge is 0.418 e. The number of alkyl halides is 3. The topological polar surface area (TPSA) is 93.8 Å². The Bertz CT molecular complexity index is 1160. The first-order valence-electron chi connectivity index (χ1n) is 10.9. The summed E-state index contributed by atoms with van der Waals surface area (Å²) < 4.78 is 53.2. The molecule has 192 valence electrons. The average molecular weight is 526 g/mol. The first-order valence-corrected chi connectivity index (χ1v) is 11.9. The maximum atomic E-state index is 13.4. The van der Waals surface area contributed by atoms with E-state index in [-0.39, 0.29) is 11.4 Å². The third-order valence-corrected chi connectivity index (χ3v) is 7.28. The van der Waals surface area contributed by atoms with Gasteiger partial charge >= 0.3 is 12.2 Å². The second kappa shape index (κ2) is 10.1. The smallest absolute Gasteiger partial charge is 0.325 e. The number of para-hydroxylation sites is 1. The van der Waals surface area contributed by atoms with Crippen molar-refractivity contribution in [2.45, 2.75) is 23.9 Å². The molecule has 13 heteroatoms. The van der Waals surface area contributed by atoms with E-state index in [1.54, 1.807) is 12.1 Å². The molecule has 2 aromatic carbocycles. The molecular weight excluding hydrogens is 502 g/mol. The van der Waals surface area contributed by atoms with Crippen LogP contribution in [-0.4, -0.2) is 59.0 Å². The van der Waals surface area contributed by atoms with Crippen LogP contribution in [0, 0.1) is 11.7 Å². The van der Waals surface area contributed by atoms with Crippen molar-refractivity contribution in [2.24, 2.45) is 5.92 Å². The Morgan fingerprint density at radius 3 is 2.39 bits per heavy atom.